The first-order valence-electron chi connectivity index (χ1n) is 8.64. The van der Waals surface area contributed by atoms with E-state index in [4.69, 9.17) is 18.0 Å². The summed E-state index contributed by atoms with van der Waals surface area (Å²) in [5.41, 5.74) is 8.25. The molecule has 1 fully saturated rings. The highest BCUT2D eigenvalue weighted by molar-refractivity contribution is 7.80. The Labute approximate surface area is 167 Å². The Morgan fingerprint density at radius 3 is 2.50 bits per heavy atom. The molecule has 1 aliphatic heterocycles. The van der Waals surface area contributed by atoms with Gasteiger partial charge in [-0.3, -0.25) is 14.7 Å². The summed E-state index contributed by atoms with van der Waals surface area (Å²) in [7, 11) is 1.64. The number of hydrogen-bond acceptors (Lipinski definition) is 5. The molecule has 1 saturated heterocycles. The van der Waals surface area contributed by atoms with Crippen molar-refractivity contribution >= 4 is 28.9 Å². The van der Waals surface area contributed by atoms with Crippen LogP contribution in [0.2, 0.25) is 0 Å². The number of thiocarbonyl (C=S) groups is 1. The third-order valence-electron chi connectivity index (χ3n) is 4.90. The van der Waals surface area contributed by atoms with Gasteiger partial charge >= 0.3 is 0 Å². The van der Waals surface area contributed by atoms with E-state index in [1.807, 2.05) is 24.3 Å². The number of amides is 1. The molecule has 1 atom stereocenters. The van der Waals surface area contributed by atoms with Crippen LogP contribution >= 0.6 is 12.2 Å². The van der Waals surface area contributed by atoms with E-state index in [-0.39, 0.29) is 11.7 Å². The predicted octanol–water partition coefficient (Wildman–Crippen LogP) is 2.63. The molecule has 140 valence electrons. The molecule has 4 rings (SSSR count). The number of phenols is 1. The maximum absolute atomic E-state index is 13.3. The molecular weight excluding hydrogens is 372 g/mol. The molecule has 1 unspecified atom stereocenters. The maximum Gasteiger partial charge on any atom is 0.263 e. The van der Waals surface area contributed by atoms with Crippen molar-refractivity contribution in [2.45, 2.75) is 5.54 Å². The summed E-state index contributed by atoms with van der Waals surface area (Å²) in [6.45, 7) is 0. The van der Waals surface area contributed by atoms with Gasteiger partial charge in [-0.1, -0.05) is 24.3 Å². The fourth-order valence-electron chi connectivity index (χ4n) is 3.43. The molecule has 0 saturated carbocycles. The van der Waals surface area contributed by atoms with Gasteiger partial charge in [0.1, 0.15) is 5.75 Å². The lowest BCUT2D eigenvalue weighted by atomic mass is 9.82. The van der Waals surface area contributed by atoms with Gasteiger partial charge < -0.3 is 16.2 Å². The molecule has 0 spiro atoms. The van der Waals surface area contributed by atoms with Gasteiger partial charge in [0.2, 0.25) is 0 Å². The Kier molecular flexibility index (Phi) is 4.24. The fourth-order valence-corrected chi connectivity index (χ4v) is 3.67. The topological polar surface area (TPSA) is 91.5 Å². The van der Waals surface area contributed by atoms with Gasteiger partial charge in [-0.2, -0.15) is 0 Å². The number of rotatable bonds is 3. The van der Waals surface area contributed by atoms with Crippen LogP contribution in [0.1, 0.15) is 11.1 Å². The van der Waals surface area contributed by atoms with Crippen LogP contribution in [0.4, 0.5) is 5.69 Å². The van der Waals surface area contributed by atoms with Crippen molar-refractivity contribution in [1.29, 1.82) is 0 Å². The zero-order valence-electron chi connectivity index (χ0n) is 15.1. The maximum atomic E-state index is 13.3. The summed E-state index contributed by atoms with van der Waals surface area (Å²) in [4.78, 5) is 19.2. The highest BCUT2D eigenvalue weighted by Crippen LogP contribution is 2.37. The molecule has 1 aliphatic rings. The summed E-state index contributed by atoms with van der Waals surface area (Å²) in [6, 6.07) is 17.6. The fraction of sp³-hybridized carbons (Fsp3) is 0.0952. The molecule has 1 amide bonds. The van der Waals surface area contributed by atoms with Gasteiger partial charge in [-0.15, -0.1) is 0 Å². The van der Waals surface area contributed by atoms with Crippen LogP contribution in [0.3, 0.4) is 0 Å². The number of nitrogens with two attached hydrogens (primary N) is 1. The van der Waals surface area contributed by atoms with Gasteiger partial charge in [-0.05, 0) is 59.7 Å². The summed E-state index contributed by atoms with van der Waals surface area (Å²) in [5.74, 6) is -0.0802. The van der Waals surface area contributed by atoms with E-state index >= 15 is 0 Å². The molecule has 0 aliphatic carbocycles. The average Bonchev–Trinajstić information content (AvgIpc) is 2.93. The minimum absolute atomic E-state index is 0.121. The molecule has 0 bridgehead atoms. The van der Waals surface area contributed by atoms with Crippen LogP contribution in [0.25, 0.3) is 11.3 Å². The molecule has 4 N–H and O–H groups in total. The number of anilines is 1. The molecule has 0 radical (unpaired) electrons. The van der Waals surface area contributed by atoms with Crippen molar-refractivity contribution in [3.8, 4) is 17.0 Å². The van der Waals surface area contributed by atoms with E-state index in [2.05, 4.69) is 10.3 Å². The molecule has 2 heterocycles. The second kappa shape index (κ2) is 6.61. The molecule has 7 heteroatoms. The largest absolute Gasteiger partial charge is 0.508 e. The molecule has 6 nitrogen and oxygen atoms in total. The Hall–Kier alpha value is -3.45. The third kappa shape index (κ3) is 2.76. The minimum Gasteiger partial charge on any atom is -0.508 e. The van der Waals surface area contributed by atoms with Crippen molar-refractivity contribution in [3.63, 3.8) is 0 Å². The summed E-state index contributed by atoms with van der Waals surface area (Å²) >= 11 is 5.35. The highest BCUT2D eigenvalue weighted by Gasteiger charge is 2.51. The van der Waals surface area contributed by atoms with E-state index in [0.29, 0.717) is 27.6 Å². The van der Waals surface area contributed by atoms with Crippen LogP contribution in [0, 0.1) is 0 Å². The second-order valence-corrected chi connectivity index (χ2v) is 7.03. The third-order valence-corrected chi connectivity index (χ3v) is 5.28. The smallest absolute Gasteiger partial charge is 0.263 e. The Morgan fingerprint density at radius 2 is 1.86 bits per heavy atom. The second-order valence-electron chi connectivity index (χ2n) is 6.65. The molecule has 2 aromatic carbocycles. The van der Waals surface area contributed by atoms with Crippen molar-refractivity contribution in [3.05, 3.63) is 78.0 Å². The predicted molar refractivity (Wildman–Crippen MR) is 111 cm³/mol. The van der Waals surface area contributed by atoms with Crippen LogP contribution in [-0.2, 0) is 10.3 Å². The van der Waals surface area contributed by atoms with E-state index in [9.17, 15) is 9.90 Å². The van der Waals surface area contributed by atoms with Gasteiger partial charge in [0.15, 0.2) is 10.7 Å². The summed E-state index contributed by atoms with van der Waals surface area (Å²) in [5, 5.41) is 13.2. The monoisotopic (exact) mass is 390 g/mol. The first-order chi connectivity index (χ1) is 13.4. The van der Waals surface area contributed by atoms with Crippen LogP contribution < -0.4 is 11.1 Å². The van der Waals surface area contributed by atoms with E-state index in [1.54, 1.807) is 49.6 Å². The number of likely N-dealkylation sites (N-methyl/N-ethyl adjacent to an activating group) is 1. The van der Waals surface area contributed by atoms with Crippen molar-refractivity contribution in [2.24, 2.45) is 0 Å². The number of carbonyl (C=O) groups is 1. The van der Waals surface area contributed by atoms with Crippen LogP contribution in [-0.4, -0.2) is 33.1 Å². The van der Waals surface area contributed by atoms with Crippen molar-refractivity contribution < 1.29 is 9.90 Å². The number of benzene rings is 2. The number of carbonyl (C=O) groups excluding carboxylic acids is 1. The number of hydrogen-bond donors (Lipinski definition) is 3. The molecule has 1 aromatic heterocycles. The normalized spacial score (nSPS) is 19.0. The van der Waals surface area contributed by atoms with Gasteiger partial charge in [-0.25, -0.2) is 0 Å². The molecular formula is C21H18N4O2S. The Balaban J connectivity index is 1.91. The highest BCUT2D eigenvalue weighted by atomic mass is 32.1. The number of aromatic nitrogens is 1. The van der Waals surface area contributed by atoms with Gasteiger partial charge in [0.25, 0.3) is 5.91 Å². The first-order valence-corrected chi connectivity index (χ1v) is 9.05. The standard InChI is InChI=1S/C21H18N4O2S/c1-25-19(27)21(24-20(25)28,14-5-7-17(26)8-6-14)15-9-10-23-18(12-15)13-3-2-4-16(22)11-13/h2-12,26H,22H2,1H3,(H,24,28). The minimum atomic E-state index is -1.20. The first kappa shape index (κ1) is 17.9. The SMILES string of the molecule is CN1C(=O)C(c2ccc(O)cc2)(c2ccnc(-c3cccc(N)c3)c2)NC1=S. The number of nitrogens with one attached hydrogen (secondary N) is 1. The van der Waals surface area contributed by atoms with Gasteiger partial charge in [0.05, 0.1) is 5.69 Å². The summed E-state index contributed by atoms with van der Waals surface area (Å²) < 4.78 is 0. The number of nitrogens with zero attached hydrogens (tertiary/aromatic N) is 2. The van der Waals surface area contributed by atoms with Crippen molar-refractivity contribution in [2.75, 3.05) is 12.8 Å². The Bertz CT molecular complexity index is 1080. The number of nitrogen functional groups attached to an aromatic ring is 1. The number of pyridine rings is 1. The average molecular weight is 390 g/mol. The van der Waals surface area contributed by atoms with Crippen LogP contribution in [0.15, 0.2) is 66.9 Å². The zero-order chi connectivity index (χ0) is 19.9. The summed E-state index contributed by atoms with van der Waals surface area (Å²) in [6.07, 6.45) is 1.66. The lowest BCUT2D eigenvalue weighted by molar-refractivity contribution is -0.129. The lowest BCUT2D eigenvalue weighted by Gasteiger charge is -2.28. The van der Waals surface area contributed by atoms with Crippen molar-refractivity contribution in [1.82, 2.24) is 15.2 Å². The van der Waals surface area contributed by atoms with E-state index in [1.165, 1.54) is 4.90 Å². The lowest BCUT2D eigenvalue weighted by Crippen LogP contribution is -2.45. The number of aromatic hydroxyl groups is 1. The zero-order valence-corrected chi connectivity index (χ0v) is 15.9. The Morgan fingerprint density at radius 1 is 1.11 bits per heavy atom. The van der Waals surface area contributed by atoms with Gasteiger partial charge in [0, 0.05) is 24.5 Å². The number of phenolic OH excluding ortho intramolecular Hbond substituents is 1. The molecule has 28 heavy (non-hydrogen) atoms. The molecule has 3 aromatic rings. The van der Waals surface area contributed by atoms with E-state index in [0.717, 1.165) is 5.56 Å². The quantitative estimate of drug-likeness (QED) is 0.470. The van der Waals surface area contributed by atoms with Crippen LogP contribution in [0.5, 0.6) is 5.75 Å². The van der Waals surface area contributed by atoms with E-state index < -0.39 is 5.54 Å².